The van der Waals surface area contributed by atoms with E-state index < -0.39 is 10.4 Å². The molecule has 1 rings (SSSR count). The molecule has 0 aliphatic carbocycles. The summed E-state index contributed by atoms with van der Waals surface area (Å²) in [6.45, 7) is 2.08. The van der Waals surface area contributed by atoms with Gasteiger partial charge in [-0.3, -0.25) is 8.42 Å². The van der Waals surface area contributed by atoms with Crippen LogP contribution in [0.3, 0.4) is 0 Å². The summed E-state index contributed by atoms with van der Waals surface area (Å²) in [7, 11) is -5.17. The Hall–Kier alpha value is -0.144. The number of benzene rings is 1. The number of rotatable bonds is 0. The molecule has 1 aromatic carbocycles. The number of hydrogen-bond acceptors (Lipinski definition) is 4. The van der Waals surface area contributed by atoms with Crippen molar-refractivity contribution in [3.63, 3.8) is 0 Å². The average Bonchev–Trinajstić information content (AvgIpc) is 1.85. The van der Waals surface area contributed by atoms with Crippen molar-refractivity contribution < 1.29 is 17.5 Å². The largest absolute Gasteiger partial charge is 2.00 e. The van der Waals surface area contributed by atoms with Crippen molar-refractivity contribution in [1.29, 1.82) is 0 Å². The summed E-state index contributed by atoms with van der Waals surface area (Å²) in [5, 5.41) is 0. The van der Waals surface area contributed by atoms with Crippen LogP contribution in [0.15, 0.2) is 30.3 Å². The summed E-state index contributed by atoms with van der Waals surface area (Å²) in [4.78, 5) is 0. The maximum Gasteiger partial charge on any atom is 2.00 e. The quantitative estimate of drug-likeness (QED) is 0.351. The number of aryl methyl sites for hydroxylation is 1. The molecule has 0 bridgehead atoms. The van der Waals surface area contributed by atoms with Crippen LogP contribution < -0.4 is 0 Å². The summed E-state index contributed by atoms with van der Waals surface area (Å²) >= 11 is 0. The molecule has 68 valence electrons. The Morgan fingerprint density at radius 2 is 1.38 bits per heavy atom. The van der Waals surface area contributed by atoms with E-state index in [0.29, 0.717) is 0 Å². The minimum absolute atomic E-state index is 0. The molecule has 0 fully saturated rings. The molecule has 0 saturated heterocycles. The van der Waals surface area contributed by atoms with E-state index in [2.05, 4.69) is 19.1 Å². The van der Waals surface area contributed by atoms with Crippen LogP contribution in [0.1, 0.15) is 5.56 Å². The monoisotopic (exact) mass is 212 g/mol. The third kappa shape index (κ3) is 18.7. The second-order valence-electron chi connectivity index (χ2n) is 2.06. The number of hydrogen-bond donors (Lipinski definition) is 0. The second kappa shape index (κ2) is 7.28. The molecule has 4 nitrogen and oxygen atoms in total. The van der Waals surface area contributed by atoms with Crippen molar-refractivity contribution in [3.8, 4) is 0 Å². The van der Waals surface area contributed by atoms with Gasteiger partial charge in [0.15, 0.2) is 0 Å². The molecule has 0 aromatic heterocycles. The van der Waals surface area contributed by atoms with Gasteiger partial charge in [0.25, 0.3) is 0 Å². The van der Waals surface area contributed by atoms with E-state index in [9.17, 15) is 0 Å². The van der Waals surface area contributed by atoms with E-state index in [4.69, 9.17) is 17.5 Å². The second-order valence-corrected chi connectivity index (χ2v) is 2.88. The van der Waals surface area contributed by atoms with Crippen molar-refractivity contribution in [1.82, 2.24) is 0 Å². The van der Waals surface area contributed by atoms with E-state index in [1.165, 1.54) is 5.56 Å². The predicted octanol–water partition coefficient (Wildman–Crippen LogP) is 0.276. The third-order valence-electron chi connectivity index (χ3n) is 0.940. The van der Waals surface area contributed by atoms with Crippen LogP contribution in [-0.4, -0.2) is 40.6 Å². The maximum atomic E-state index is 8.52. The maximum absolute atomic E-state index is 8.52. The molecule has 0 unspecified atom stereocenters. The molecular formula is C7H8MgO4S. The van der Waals surface area contributed by atoms with E-state index in [-0.39, 0.29) is 23.1 Å². The molecule has 0 aliphatic rings. The van der Waals surface area contributed by atoms with Gasteiger partial charge in [-0.15, -0.1) is 0 Å². The van der Waals surface area contributed by atoms with Crippen LogP contribution in [-0.2, 0) is 10.4 Å². The van der Waals surface area contributed by atoms with Crippen molar-refractivity contribution in [3.05, 3.63) is 35.9 Å². The first-order valence-electron chi connectivity index (χ1n) is 3.08. The molecule has 6 heteroatoms. The molecule has 0 heterocycles. The zero-order valence-corrected chi connectivity index (χ0v) is 9.37. The zero-order valence-electron chi connectivity index (χ0n) is 7.14. The Morgan fingerprint density at radius 1 is 1.08 bits per heavy atom. The van der Waals surface area contributed by atoms with E-state index in [0.717, 1.165) is 0 Å². The molecule has 0 radical (unpaired) electrons. The first-order chi connectivity index (χ1) is 5.39. The summed E-state index contributed by atoms with van der Waals surface area (Å²) < 4.78 is 34.1. The van der Waals surface area contributed by atoms with E-state index >= 15 is 0 Å². The SMILES string of the molecule is Cc1ccccc1.O=S(=O)([O-])[O-].[Mg+2]. The molecule has 0 saturated carbocycles. The Morgan fingerprint density at radius 3 is 1.54 bits per heavy atom. The molecule has 13 heavy (non-hydrogen) atoms. The molecule has 0 N–H and O–H groups in total. The van der Waals surface area contributed by atoms with Crippen molar-refractivity contribution in [2.24, 2.45) is 0 Å². The summed E-state index contributed by atoms with van der Waals surface area (Å²) in [6, 6.07) is 10.3. The standard InChI is InChI=1S/C7H8.Mg.H2O4S/c1-7-5-3-2-4-6-7;;1-5(2,3)4/h2-6H,1H3;;(H2,1,2,3,4)/q;+2;/p-2. The van der Waals surface area contributed by atoms with Gasteiger partial charge in [-0.25, -0.2) is 0 Å². The van der Waals surface area contributed by atoms with Crippen LogP contribution in [0.25, 0.3) is 0 Å². The van der Waals surface area contributed by atoms with Crippen molar-refractivity contribution in [2.45, 2.75) is 6.92 Å². The van der Waals surface area contributed by atoms with Crippen LogP contribution in [0.2, 0.25) is 0 Å². The molecule has 1 aromatic rings. The average molecular weight is 213 g/mol. The molecule has 0 spiro atoms. The van der Waals surface area contributed by atoms with Crippen LogP contribution in [0, 0.1) is 6.92 Å². The smallest absolute Gasteiger partial charge is 0.759 e. The Labute approximate surface area is 93.7 Å². The normalized spacial score (nSPS) is 9.15. The molecule has 0 aliphatic heterocycles. The van der Waals surface area contributed by atoms with Crippen LogP contribution in [0.5, 0.6) is 0 Å². The van der Waals surface area contributed by atoms with Crippen molar-refractivity contribution in [2.75, 3.05) is 0 Å². The zero-order chi connectivity index (χ0) is 9.61. The van der Waals surface area contributed by atoms with Gasteiger partial charge in [0.2, 0.25) is 0 Å². The van der Waals surface area contributed by atoms with Gasteiger partial charge in [-0.2, -0.15) is 0 Å². The first-order valence-corrected chi connectivity index (χ1v) is 4.41. The Bertz CT molecular complexity index is 301. The van der Waals surface area contributed by atoms with Gasteiger partial charge in [0.05, 0.1) is 0 Å². The van der Waals surface area contributed by atoms with Crippen molar-refractivity contribution >= 4 is 33.5 Å². The minimum Gasteiger partial charge on any atom is -0.759 e. The summed E-state index contributed by atoms with van der Waals surface area (Å²) in [5.74, 6) is 0. The van der Waals surface area contributed by atoms with Gasteiger partial charge in [-0.05, 0) is 6.92 Å². The fourth-order valence-corrected chi connectivity index (χ4v) is 0.534. The van der Waals surface area contributed by atoms with Gasteiger partial charge >= 0.3 is 23.1 Å². The van der Waals surface area contributed by atoms with E-state index in [1.807, 2.05) is 18.2 Å². The fraction of sp³-hybridized carbons (Fsp3) is 0.143. The minimum atomic E-state index is -5.17. The third-order valence-corrected chi connectivity index (χ3v) is 0.940. The van der Waals surface area contributed by atoms with Gasteiger partial charge in [0.1, 0.15) is 0 Å². The van der Waals surface area contributed by atoms with E-state index in [1.54, 1.807) is 0 Å². The topological polar surface area (TPSA) is 80.3 Å². The predicted molar refractivity (Wildman–Crippen MR) is 47.4 cm³/mol. The van der Waals surface area contributed by atoms with Crippen LogP contribution in [0.4, 0.5) is 0 Å². The molecular weight excluding hydrogens is 204 g/mol. The Balaban J connectivity index is 0. The van der Waals surface area contributed by atoms with Gasteiger partial charge in [-0.1, -0.05) is 35.9 Å². The first kappa shape index (κ1) is 15.3. The fourth-order valence-electron chi connectivity index (χ4n) is 0.534. The molecule has 0 atom stereocenters. The van der Waals surface area contributed by atoms with Gasteiger partial charge < -0.3 is 9.11 Å². The Kier molecular flexibility index (Phi) is 8.58. The molecule has 0 amide bonds. The van der Waals surface area contributed by atoms with Crippen LogP contribution >= 0.6 is 0 Å². The van der Waals surface area contributed by atoms with Gasteiger partial charge in [0, 0.05) is 10.4 Å². The summed E-state index contributed by atoms with van der Waals surface area (Å²) in [6.07, 6.45) is 0. The summed E-state index contributed by atoms with van der Waals surface area (Å²) in [5.41, 5.74) is 1.32.